The van der Waals surface area contributed by atoms with Crippen LogP contribution in [0.25, 0.3) is 55.5 Å². The average Bonchev–Trinajstić information content (AvgIpc) is 3.42. The van der Waals surface area contributed by atoms with E-state index in [9.17, 15) is 0 Å². The van der Waals surface area contributed by atoms with E-state index in [4.69, 9.17) is 10.4 Å². The van der Waals surface area contributed by atoms with E-state index in [-0.39, 0.29) is 21.1 Å². The number of aromatic nitrogens is 3. The summed E-state index contributed by atoms with van der Waals surface area (Å²) in [6.07, 6.45) is 1.81. The van der Waals surface area contributed by atoms with Crippen molar-refractivity contribution in [3.8, 4) is 39.3 Å². The Morgan fingerprint density at radius 1 is 0.610 bits per heavy atom. The third-order valence-corrected chi connectivity index (χ3v) is 6.95. The van der Waals surface area contributed by atoms with Gasteiger partial charge in [0.15, 0.2) is 0 Å². The molecule has 5 aromatic carbocycles. The number of pyridine rings is 1. The van der Waals surface area contributed by atoms with E-state index < -0.39 is 0 Å². The van der Waals surface area contributed by atoms with Crippen molar-refractivity contribution in [1.82, 2.24) is 14.8 Å². The third kappa shape index (κ3) is 5.11. The van der Waals surface area contributed by atoms with Crippen molar-refractivity contribution in [3.63, 3.8) is 0 Å². The number of nitrogens with zero attached hydrogens (tertiary/aromatic N) is 4. The monoisotopic (exact) mass is 707 g/mol. The molecule has 198 valence electrons. The Labute approximate surface area is 253 Å². The van der Waals surface area contributed by atoms with Gasteiger partial charge in [-0.25, -0.2) is 4.68 Å². The van der Waals surface area contributed by atoms with Crippen molar-refractivity contribution >= 4 is 22.3 Å². The van der Waals surface area contributed by atoms with Gasteiger partial charge in [0.2, 0.25) is 0 Å². The molecule has 0 aliphatic carbocycles. The molecule has 0 N–H and O–H groups in total. The minimum atomic E-state index is 0. The summed E-state index contributed by atoms with van der Waals surface area (Å²) in [6.45, 7) is 0. The molecule has 0 radical (unpaired) electrons. The molecule has 4 nitrogen and oxygen atoms in total. The van der Waals surface area contributed by atoms with Crippen LogP contribution in [0.4, 0.5) is 11.4 Å². The Kier molecular flexibility index (Phi) is 7.58. The third-order valence-electron chi connectivity index (χ3n) is 6.95. The van der Waals surface area contributed by atoms with Crippen LogP contribution in [0.3, 0.4) is 0 Å². The fraction of sp³-hybridized carbons (Fsp3) is 0. The van der Waals surface area contributed by atoms with Crippen LogP contribution in [-0.2, 0) is 21.1 Å². The maximum absolute atomic E-state index is 5.24. The molecule has 0 fully saturated rings. The summed E-state index contributed by atoms with van der Waals surface area (Å²) in [5.74, 6) is 0. The van der Waals surface area contributed by atoms with E-state index in [0.717, 1.165) is 61.6 Å². The molecule has 2 aromatic heterocycles. The van der Waals surface area contributed by atoms with Crippen LogP contribution < -0.4 is 0 Å². The van der Waals surface area contributed by atoms with Gasteiger partial charge in [-0.15, -0.1) is 47.3 Å². The minimum Gasteiger partial charge on any atom is -0.656 e. The zero-order chi connectivity index (χ0) is 26.7. The van der Waals surface area contributed by atoms with Gasteiger partial charge in [-0.1, -0.05) is 103 Å². The van der Waals surface area contributed by atoms with Gasteiger partial charge in [0.1, 0.15) is 0 Å². The first kappa shape index (κ1) is 26.4. The summed E-state index contributed by atoms with van der Waals surface area (Å²) in [6, 6.07) is 50.4. The van der Waals surface area contributed by atoms with Crippen LogP contribution in [0.15, 0.2) is 146 Å². The van der Waals surface area contributed by atoms with E-state index in [0.29, 0.717) is 0 Å². The first-order valence-electron chi connectivity index (χ1n) is 13.2. The standard InChI is InChI=1S/C36H24N4.Pt/c1-3-14-26(15-4-1)28-19-13-20-30-35(28)39-40(36(30)27-16-5-2-6-17-27)34-24-10-9-23-33(34)38-32-22-8-7-18-29(32)31-21-11-12-25-37-31;/h1-14,16-25H;/q-2;+2. The van der Waals surface area contributed by atoms with Crippen molar-refractivity contribution < 1.29 is 21.1 Å². The minimum absolute atomic E-state index is 0. The van der Waals surface area contributed by atoms with Crippen molar-refractivity contribution in [1.29, 1.82) is 0 Å². The molecule has 0 atom stereocenters. The Morgan fingerprint density at radius 2 is 1.34 bits per heavy atom. The Morgan fingerprint density at radius 3 is 2.15 bits per heavy atom. The van der Waals surface area contributed by atoms with Crippen molar-refractivity contribution in [2.75, 3.05) is 0 Å². The zero-order valence-electron chi connectivity index (χ0n) is 22.0. The van der Waals surface area contributed by atoms with Crippen LogP contribution in [-0.4, -0.2) is 14.8 Å². The second kappa shape index (κ2) is 11.8. The van der Waals surface area contributed by atoms with E-state index in [2.05, 4.69) is 71.7 Å². The smallest absolute Gasteiger partial charge is 0.656 e. The second-order valence-electron chi connectivity index (χ2n) is 9.44. The number of para-hydroxylation sites is 3. The van der Waals surface area contributed by atoms with Crippen molar-refractivity contribution in [2.45, 2.75) is 0 Å². The van der Waals surface area contributed by atoms with Gasteiger partial charge in [-0.05, 0) is 23.8 Å². The normalized spacial score (nSPS) is 10.7. The fourth-order valence-corrected chi connectivity index (χ4v) is 5.11. The zero-order valence-corrected chi connectivity index (χ0v) is 24.2. The predicted octanol–water partition coefficient (Wildman–Crippen LogP) is 9.56. The summed E-state index contributed by atoms with van der Waals surface area (Å²) in [5.41, 5.74) is 9.53. The summed E-state index contributed by atoms with van der Waals surface area (Å²) in [5, 5.41) is 11.5. The summed E-state index contributed by atoms with van der Waals surface area (Å²) >= 11 is 0. The van der Waals surface area contributed by atoms with E-state index in [1.807, 2.05) is 89.7 Å². The van der Waals surface area contributed by atoms with E-state index in [1.165, 1.54) is 0 Å². The predicted molar refractivity (Wildman–Crippen MR) is 163 cm³/mol. The molecule has 0 spiro atoms. The molecule has 5 heteroatoms. The summed E-state index contributed by atoms with van der Waals surface area (Å²) < 4.78 is 2.04. The average molecular weight is 708 g/mol. The van der Waals surface area contributed by atoms with Crippen LogP contribution in [0.2, 0.25) is 0 Å². The SMILES string of the molecule is [Pt+2].[c-]1ccccc1-c1cccc2c(-c3ccccc3)n(-c3ccccc3[N-]c3ccccc3-c3ccccn3)nc12. The molecule has 41 heavy (non-hydrogen) atoms. The van der Waals surface area contributed by atoms with Crippen molar-refractivity contribution in [2.24, 2.45) is 0 Å². The Balaban J connectivity index is 0.00000302. The van der Waals surface area contributed by atoms with Gasteiger partial charge in [0.25, 0.3) is 0 Å². The largest absolute Gasteiger partial charge is 2.00 e. The van der Waals surface area contributed by atoms with Gasteiger partial charge in [0.05, 0.1) is 22.6 Å². The Bertz CT molecular complexity index is 1920. The number of rotatable bonds is 6. The number of hydrogen-bond acceptors (Lipinski definition) is 2. The molecule has 0 aliphatic rings. The molecular weight excluding hydrogens is 684 g/mol. The molecule has 0 bridgehead atoms. The molecule has 0 aliphatic heterocycles. The maximum Gasteiger partial charge on any atom is 2.00 e. The number of benzene rings is 5. The van der Waals surface area contributed by atoms with E-state index >= 15 is 0 Å². The molecule has 0 unspecified atom stereocenters. The topological polar surface area (TPSA) is 44.8 Å². The number of fused-ring (bicyclic) bond motifs is 1. The first-order chi connectivity index (χ1) is 19.9. The van der Waals surface area contributed by atoms with Crippen LogP contribution in [0.5, 0.6) is 0 Å². The molecule has 0 saturated heterocycles. The van der Waals surface area contributed by atoms with Crippen LogP contribution in [0.1, 0.15) is 0 Å². The summed E-state index contributed by atoms with van der Waals surface area (Å²) in [4.78, 5) is 4.57. The van der Waals surface area contributed by atoms with Crippen LogP contribution in [0, 0.1) is 6.07 Å². The molecule has 0 saturated carbocycles. The quantitative estimate of drug-likeness (QED) is 0.162. The van der Waals surface area contributed by atoms with Gasteiger partial charge >= 0.3 is 21.1 Å². The second-order valence-corrected chi connectivity index (χ2v) is 9.44. The fourth-order valence-electron chi connectivity index (χ4n) is 5.11. The molecule has 7 rings (SSSR count). The van der Waals surface area contributed by atoms with Gasteiger partial charge in [-0.2, -0.15) is 5.10 Å². The van der Waals surface area contributed by atoms with Gasteiger partial charge in [-0.3, -0.25) is 4.98 Å². The van der Waals surface area contributed by atoms with E-state index in [1.54, 1.807) is 0 Å². The molecule has 2 heterocycles. The molecule has 0 amide bonds. The van der Waals surface area contributed by atoms with Gasteiger partial charge in [0, 0.05) is 17.1 Å². The van der Waals surface area contributed by atoms with Crippen LogP contribution >= 0.6 is 0 Å². The molecular formula is C36H24N4Pt. The first-order valence-corrected chi connectivity index (χ1v) is 13.2. The number of hydrogen-bond donors (Lipinski definition) is 0. The summed E-state index contributed by atoms with van der Waals surface area (Å²) in [7, 11) is 0. The van der Waals surface area contributed by atoms with Gasteiger partial charge < -0.3 is 5.32 Å². The maximum atomic E-state index is 5.24. The molecule has 7 aromatic rings. The van der Waals surface area contributed by atoms with Crippen molar-refractivity contribution in [3.05, 3.63) is 157 Å². The Hall–Kier alpha value is -4.79.